The number of hydrogen-bond acceptors (Lipinski definition) is 3. The molecule has 3 nitrogen and oxygen atoms in total. The van der Waals surface area contributed by atoms with Crippen LogP contribution in [-0.2, 0) is 4.74 Å². The van der Waals surface area contributed by atoms with Crippen molar-refractivity contribution in [3.05, 3.63) is 28.8 Å². The molecule has 0 bridgehead atoms. The summed E-state index contributed by atoms with van der Waals surface area (Å²) in [4.78, 5) is 0. The van der Waals surface area contributed by atoms with E-state index >= 15 is 0 Å². The van der Waals surface area contributed by atoms with Gasteiger partial charge in [0.1, 0.15) is 12.4 Å². The average molecular weight is 223 g/mol. The quantitative estimate of drug-likeness (QED) is 0.830. The fourth-order valence-corrected chi connectivity index (χ4v) is 1.85. The Labute approximate surface area is 97.6 Å². The van der Waals surface area contributed by atoms with E-state index in [9.17, 15) is 0 Å². The molecule has 1 rings (SSSR count). The van der Waals surface area contributed by atoms with E-state index in [0.717, 1.165) is 16.9 Å². The molecule has 0 aliphatic carbocycles. The summed E-state index contributed by atoms with van der Waals surface area (Å²) in [6.45, 7) is 7.19. The molecule has 1 atom stereocenters. The minimum absolute atomic E-state index is 0.0786. The van der Waals surface area contributed by atoms with Crippen molar-refractivity contribution in [1.29, 1.82) is 0 Å². The summed E-state index contributed by atoms with van der Waals surface area (Å²) < 4.78 is 10.7. The highest BCUT2D eigenvalue weighted by molar-refractivity contribution is 5.42. The first kappa shape index (κ1) is 13.0. The van der Waals surface area contributed by atoms with Gasteiger partial charge in [0.2, 0.25) is 0 Å². The second kappa shape index (κ2) is 5.87. The smallest absolute Gasteiger partial charge is 0.125 e. The number of hydrogen-bond donors (Lipinski definition) is 1. The molecule has 90 valence electrons. The molecule has 0 aromatic heterocycles. The molecular formula is C13H21NO2. The third-order valence-corrected chi connectivity index (χ3v) is 2.43. The molecule has 0 radical (unpaired) electrons. The molecule has 0 saturated heterocycles. The van der Waals surface area contributed by atoms with Gasteiger partial charge in [0.25, 0.3) is 0 Å². The molecule has 3 heteroatoms. The van der Waals surface area contributed by atoms with Crippen molar-refractivity contribution in [3.63, 3.8) is 0 Å². The molecule has 0 heterocycles. The number of benzene rings is 1. The van der Waals surface area contributed by atoms with Gasteiger partial charge in [-0.2, -0.15) is 0 Å². The Morgan fingerprint density at radius 1 is 1.12 bits per heavy atom. The van der Waals surface area contributed by atoms with Gasteiger partial charge in [-0.1, -0.05) is 17.7 Å². The average Bonchev–Trinajstić information content (AvgIpc) is 2.16. The van der Waals surface area contributed by atoms with Crippen LogP contribution >= 0.6 is 0 Å². The summed E-state index contributed by atoms with van der Waals surface area (Å²) in [6.07, 6.45) is 0. The van der Waals surface area contributed by atoms with Crippen LogP contribution in [0.2, 0.25) is 0 Å². The zero-order valence-corrected chi connectivity index (χ0v) is 10.5. The summed E-state index contributed by atoms with van der Waals surface area (Å²) in [5.74, 6) is 0.942. The fraction of sp³-hybridized carbons (Fsp3) is 0.538. The van der Waals surface area contributed by atoms with E-state index in [4.69, 9.17) is 15.2 Å². The second-order valence-electron chi connectivity index (χ2n) is 4.25. The van der Waals surface area contributed by atoms with Crippen LogP contribution < -0.4 is 10.5 Å². The largest absolute Gasteiger partial charge is 0.491 e. The normalized spacial score (nSPS) is 12.6. The molecule has 1 aromatic carbocycles. The highest BCUT2D eigenvalue weighted by atomic mass is 16.5. The van der Waals surface area contributed by atoms with Crippen LogP contribution in [0.15, 0.2) is 12.1 Å². The standard InChI is InChI=1S/C13H21NO2/c1-9-5-10(2)13(11(3)6-9)16-8-12(14)7-15-4/h5-6,12H,7-8,14H2,1-4H3. The lowest BCUT2D eigenvalue weighted by molar-refractivity contribution is 0.152. The van der Waals surface area contributed by atoms with E-state index < -0.39 is 0 Å². The molecule has 16 heavy (non-hydrogen) atoms. The summed E-state index contributed by atoms with van der Waals surface area (Å²) >= 11 is 0. The first-order valence-corrected chi connectivity index (χ1v) is 5.49. The highest BCUT2D eigenvalue weighted by Gasteiger charge is 2.08. The van der Waals surface area contributed by atoms with Gasteiger partial charge in [-0.25, -0.2) is 0 Å². The number of nitrogens with two attached hydrogens (primary N) is 1. The molecule has 0 aliphatic heterocycles. The zero-order valence-electron chi connectivity index (χ0n) is 10.5. The first-order chi connectivity index (χ1) is 7.54. The van der Waals surface area contributed by atoms with Crippen molar-refractivity contribution < 1.29 is 9.47 Å². The number of ether oxygens (including phenoxy) is 2. The van der Waals surface area contributed by atoms with Crippen molar-refractivity contribution in [3.8, 4) is 5.75 Å². The van der Waals surface area contributed by atoms with Crippen LogP contribution in [0, 0.1) is 20.8 Å². The van der Waals surface area contributed by atoms with Crippen molar-refractivity contribution in [1.82, 2.24) is 0 Å². The Kier molecular flexibility index (Phi) is 4.77. The maximum Gasteiger partial charge on any atom is 0.125 e. The lowest BCUT2D eigenvalue weighted by Gasteiger charge is -2.16. The summed E-state index contributed by atoms with van der Waals surface area (Å²) in [6, 6.07) is 4.15. The zero-order chi connectivity index (χ0) is 12.1. The maximum absolute atomic E-state index is 5.81. The van der Waals surface area contributed by atoms with Crippen molar-refractivity contribution in [2.45, 2.75) is 26.8 Å². The van der Waals surface area contributed by atoms with Gasteiger partial charge < -0.3 is 15.2 Å². The Morgan fingerprint density at radius 2 is 1.69 bits per heavy atom. The molecular weight excluding hydrogens is 202 g/mol. The summed E-state index contributed by atoms with van der Waals surface area (Å²) in [5.41, 5.74) is 9.37. The fourth-order valence-electron chi connectivity index (χ4n) is 1.85. The SMILES string of the molecule is COCC(N)COc1c(C)cc(C)cc1C. The van der Waals surface area contributed by atoms with Crippen LogP contribution in [-0.4, -0.2) is 26.4 Å². The molecule has 1 aromatic rings. The second-order valence-corrected chi connectivity index (χ2v) is 4.25. The number of methoxy groups -OCH3 is 1. The maximum atomic E-state index is 5.81. The van der Waals surface area contributed by atoms with Gasteiger partial charge >= 0.3 is 0 Å². The van der Waals surface area contributed by atoms with E-state index in [0.29, 0.717) is 13.2 Å². The van der Waals surface area contributed by atoms with Crippen molar-refractivity contribution >= 4 is 0 Å². The van der Waals surface area contributed by atoms with Crippen LogP contribution in [0.1, 0.15) is 16.7 Å². The van der Waals surface area contributed by atoms with E-state index in [1.807, 2.05) is 0 Å². The summed E-state index contributed by atoms with van der Waals surface area (Å²) in [7, 11) is 1.64. The van der Waals surface area contributed by atoms with Gasteiger partial charge in [-0.15, -0.1) is 0 Å². The van der Waals surface area contributed by atoms with E-state index in [1.165, 1.54) is 5.56 Å². The minimum atomic E-state index is -0.0786. The highest BCUT2D eigenvalue weighted by Crippen LogP contribution is 2.24. The monoisotopic (exact) mass is 223 g/mol. The molecule has 1 unspecified atom stereocenters. The Morgan fingerprint density at radius 3 is 2.19 bits per heavy atom. The van der Waals surface area contributed by atoms with Gasteiger partial charge in [-0.3, -0.25) is 0 Å². The lowest BCUT2D eigenvalue weighted by atomic mass is 10.1. The van der Waals surface area contributed by atoms with Gasteiger partial charge in [0, 0.05) is 7.11 Å². The molecule has 2 N–H and O–H groups in total. The third kappa shape index (κ3) is 3.51. The molecule has 0 saturated carbocycles. The predicted octanol–water partition coefficient (Wildman–Crippen LogP) is 1.96. The predicted molar refractivity (Wildman–Crippen MR) is 66.0 cm³/mol. The lowest BCUT2D eigenvalue weighted by Crippen LogP contribution is -2.32. The number of rotatable bonds is 5. The topological polar surface area (TPSA) is 44.5 Å². The summed E-state index contributed by atoms with van der Waals surface area (Å²) in [5, 5.41) is 0. The molecule has 0 amide bonds. The third-order valence-electron chi connectivity index (χ3n) is 2.43. The van der Waals surface area contributed by atoms with Gasteiger partial charge in [-0.05, 0) is 31.9 Å². The van der Waals surface area contributed by atoms with Gasteiger partial charge in [0.15, 0.2) is 0 Å². The number of aryl methyl sites for hydroxylation is 3. The Bertz CT molecular complexity index is 327. The van der Waals surface area contributed by atoms with Crippen molar-refractivity contribution in [2.24, 2.45) is 5.73 Å². The molecule has 0 fully saturated rings. The molecule has 0 aliphatic rings. The molecule has 0 spiro atoms. The Hall–Kier alpha value is -1.06. The van der Waals surface area contributed by atoms with E-state index in [-0.39, 0.29) is 6.04 Å². The van der Waals surface area contributed by atoms with Gasteiger partial charge in [0.05, 0.1) is 12.6 Å². The van der Waals surface area contributed by atoms with Crippen LogP contribution in [0.3, 0.4) is 0 Å². The minimum Gasteiger partial charge on any atom is -0.491 e. The Balaban J connectivity index is 2.67. The van der Waals surface area contributed by atoms with Crippen LogP contribution in [0.4, 0.5) is 0 Å². The van der Waals surface area contributed by atoms with Crippen LogP contribution in [0.25, 0.3) is 0 Å². The van der Waals surface area contributed by atoms with E-state index in [1.54, 1.807) is 7.11 Å². The van der Waals surface area contributed by atoms with Crippen molar-refractivity contribution in [2.75, 3.05) is 20.3 Å². The van der Waals surface area contributed by atoms with E-state index in [2.05, 4.69) is 32.9 Å². The van der Waals surface area contributed by atoms with Crippen LogP contribution in [0.5, 0.6) is 5.75 Å². The first-order valence-electron chi connectivity index (χ1n) is 5.49.